The molecule has 1 amide bonds. The lowest BCUT2D eigenvalue weighted by Gasteiger charge is -2.07. The average Bonchev–Trinajstić information content (AvgIpc) is 2.73. The Kier molecular flexibility index (Phi) is 4.28. The van der Waals surface area contributed by atoms with Crippen LogP contribution in [0, 0.1) is 6.92 Å². The highest BCUT2D eigenvalue weighted by atomic mass is 35.5. The van der Waals surface area contributed by atoms with E-state index in [9.17, 15) is 9.59 Å². The van der Waals surface area contributed by atoms with E-state index < -0.39 is 5.97 Å². The Morgan fingerprint density at radius 1 is 1.29 bits per heavy atom. The van der Waals surface area contributed by atoms with E-state index in [0.29, 0.717) is 22.0 Å². The van der Waals surface area contributed by atoms with Crippen LogP contribution < -0.4 is 5.32 Å². The molecule has 0 aliphatic rings. The van der Waals surface area contributed by atoms with Crippen molar-refractivity contribution in [3.05, 3.63) is 46.2 Å². The number of carbonyl (C=O) groups is 2. The predicted molar refractivity (Wildman–Crippen MR) is 78.7 cm³/mol. The van der Waals surface area contributed by atoms with Gasteiger partial charge in [0.1, 0.15) is 0 Å². The maximum atomic E-state index is 12.2. The van der Waals surface area contributed by atoms with Crippen molar-refractivity contribution in [2.75, 3.05) is 12.4 Å². The summed E-state index contributed by atoms with van der Waals surface area (Å²) in [5.74, 6) is -0.919. The van der Waals surface area contributed by atoms with Crippen LogP contribution in [0.25, 0.3) is 0 Å². The minimum atomic E-state index is -0.565. The Labute approximate surface area is 126 Å². The molecule has 2 aromatic rings. The summed E-state index contributed by atoms with van der Waals surface area (Å²) in [5.41, 5.74) is 1.49. The van der Waals surface area contributed by atoms with Gasteiger partial charge >= 0.3 is 5.97 Å². The van der Waals surface area contributed by atoms with Crippen LogP contribution in [0.1, 0.15) is 26.5 Å². The number of rotatable bonds is 3. The van der Waals surface area contributed by atoms with Gasteiger partial charge in [-0.3, -0.25) is 9.48 Å². The average molecular weight is 308 g/mol. The molecule has 1 N–H and O–H groups in total. The molecule has 6 nitrogen and oxygen atoms in total. The van der Waals surface area contributed by atoms with E-state index >= 15 is 0 Å². The number of carbonyl (C=O) groups excluding carboxylic acids is 2. The molecule has 0 aliphatic carbocycles. The molecule has 2 rings (SSSR count). The molecule has 0 saturated heterocycles. The summed E-state index contributed by atoms with van der Waals surface area (Å²) < 4.78 is 6.08. The van der Waals surface area contributed by atoms with Gasteiger partial charge in [0.25, 0.3) is 5.91 Å². The van der Waals surface area contributed by atoms with E-state index in [-0.39, 0.29) is 11.6 Å². The molecule has 1 heterocycles. The quantitative estimate of drug-likeness (QED) is 0.884. The van der Waals surface area contributed by atoms with Crippen LogP contribution in [0.3, 0.4) is 0 Å². The standard InChI is InChI=1S/C14H14ClN3O3/c1-8-11(12(14(20)21-3)18(2)17-8)16-13(19)9-4-6-10(15)7-5-9/h4-7H,1-3H3,(H,16,19). The summed E-state index contributed by atoms with van der Waals surface area (Å²) in [6.45, 7) is 1.70. The van der Waals surface area contributed by atoms with Crippen molar-refractivity contribution in [2.24, 2.45) is 7.05 Å². The second-order valence-corrected chi connectivity index (χ2v) is 4.82. The molecular weight excluding hydrogens is 294 g/mol. The van der Waals surface area contributed by atoms with Crippen LogP contribution in [0.5, 0.6) is 0 Å². The highest BCUT2D eigenvalue weighted by Crippen LogP contribution is 2.21. The Bertz CT molecular complexity index is 692. The number of ether oxygens (including phenoxy) is 1. The molecule has 0 fully saturated rings. The van der Waals surface area contributed by atoms with Crippen LogP contribution in [0.4, 0.5) is 5.69 Å². The van der Waals surface area contributed by atoms with Gasteiger partial charge in [0, 0.05) is 17.6 Å². The topological polar surface area (TPSA) is 73.2 Å². The van der Waals surface area contributed by atoms with Crippen LogP contribution in [0.15, 0.2) is 24.3 Å². The third-order valence-electron chi connectivity index (χ3n) is 2.95. The first kappa shape index (κ1) is 15.1. The van der Waals surface area contributed by atoms with Crippen molar-refractivity contribution in [2.45, 2.75) is 6.92 Å². The highest BCUT2D eigenvalue weighted by molar-refractivity contribution is 6.30. The lowest BCUT2D eigenvalue weighted by molar-refractivity contribution is 0.0589. The lowest BCUT2D eigenvalue weighted by Crippen LogP contribution is -2.16. The van der Waals surface area contributed by atoms with Crippen molar-refractivity contribution < 1.29 is 14.3 Å². The summed E-state index contributed by atoms with van der Waals surface area (Å²) >= 11 is 5.78. The molecule has 0 aliphatic heterocycles. The van der Waals surface area contributed by atoms with E-state index in [4.69, 9.17) is 16.3 Å². The van der Waals surface area contributed by atoms with Crippen LogP contribution in [-0.2, 0) is 11.8 Å². The van der Waals surface area contributed by atoms with Crippen LogP contribution in [-0.4, -0.2) is 28.8 Å². The fourth-order valence-corrected chi connectivity index (χ4v) is 2.05. The number of aromatic nitrogens is 2. The van der Waals surface area contributed by atoms with Crippen molar-refractivity contribution in [1.82, 2.24) is 9.78 Å². The zero-order valence-corrected chi connectivity index (χ0v) is 12.6. The number of anilines is 1. The highest BCUT2D eigenvalue weighted by Gasteiger charge is 2.22. The van der Waals surface area contributed by atoms with Gasteiger partial charge in [-0.05, 0) is 31.2 Å². The normalized spacial score (nSPS) is 10.3. The number of hydrogen-bond donors (Lipinski definition) is 1. The minimum Gasteiger partial charge on any atom is -0.464 e. The zero-order chi connectivity index (χ0) is 15.6. The van der Waals surface area contributed by atoms with Crippen molar-refractivity contribution in [1.29, 1.82) is 0 Å². The number of hydrogen-bond acceptors (Lipinski definition) is 4. The first-order valence-electron chi connectivity index (χ1n) is 6.13. The SMILES string of the molecule is COC(=O)c1c(NC(=O)c2ccc(Cl)cc2)c(C)nn1C. The summed E-state index contributed by atoms with van der Waals surface area (Å²) in [6.07, 6.45) is 0. The monoisotopic (exact) mass is 307 g/mol. The van der Waals surface area contributed by atoms with Gasteiger partial charge in [0.05, 0.1) is 18.5 Å². The van der Waals surface area contributed by atoms with Gasteiger partial charge in [-0.1, -0.05) is 11.6 Å². The van der Waals surface area contributed by atoms with Crippen molar-refractivity contribution in [3.63, 3.8) is 0 Å². The molecule has 1 aromatic carbocycles. The molecular formula is C14H14ClN3O3. The lowest BCUT2D eigenvalue weighted by atomic mass is 10.2. The first-order valence-corrected chi connectivity index (χ1v) is 6.50. The van der Waals surface area contributed by atoms with Gasteiger partial charge in [0.15, 0.2) is 5.69 Å². The zero-order valence-electron chi connectivity index (χ0n) is 11.8. The Hall–Kier alpha value is -2.34. The number of nitrogens with one attached hydrogen (secondary N) is 1. The second-order valence-electron chi connectivity index (χ2n) is 4.39. The number of methoxy groups -OCH3 is 1. The number of amides is 1. The molecule has 0 bridgehead atoms. The van der Waals surface area contributed by atoms with E-state index in [0.717, 1.165) is 0 Å². The predicted octanol–water partition coefficient (Wildman–Crippen LogP) is 2.42. The molecule has 0 saturated carbocycles. The Morgan fingerprint density at radius 2 is 1.90 bits per heavy atom. The number of aryl methyl sites for hydroxylation is 2. The maximum Gasteiger partial charge on any atom is 0.358 e. The fourth-order valence-electron chi connectivity index (χ4n) is 1.93. The molecule has 110 valence electrons. The number of esters is 1. The third kappa shape index (κ3) is 3.05. The van der Waals surface area contributed by atoms with Gasteiger partial charge in [0.2, 0.25) is 0 Å². The van der Waals surface area contributed by atoms with E-state index in [2.05, 4.69) is 10.4 Å². The summed E-state index contributed by atoms with van der Waals surface area (Å²) in [7, 11) is 2.88. The van der Waals surface area contributed by atoms with Crippen molar-refractivity contribution in [3.8, 4) is 0 Å². The van der Waals surface area contributed by atoms with Crippen LogP contribution in [0.2, 0.25) is 5.02 Å². The second kappa shape index (κ2) is 5.97. The summed E-state index contributed by atoms with van der Waals surface area (Å²) in [6, 6.07) is 6.43. The number of benzene rings is 1. The molecule has 0 radical (unpaired) electrons. The summed E-state index contributed by atoms with van der Waals surface area (Å²) in [5, 5.41) is 7.35. The van der Waals surface area contributed by atoms with E-state index in [1.54, 1.807) is 38.2 Å². The van der Waals surface area contributed by atoms with E-state index in [1.165, 1.54) is 11.8 Å². The largest absolute Gasteiger partial charge is 0.464 e. The molecule has 0 spiro atoms. The molecule has 0 atom stereocenters. The molecule has 0 unspecified atom stereocenters. The fraction of sp³-hybridized carbons (Fsp3) is 0.214. The Balaban J connectivity index is 2.33. The van der Waals surface area contributed by atoms with Gasteiger partial charge in [-0.2, -0.15) is 5.10 Å². The Morgan fingerprint density at radius 3 is 2.48 bits per heavy atom. The smallest absolute Gasteiger partial charge is 0.358 e. The van der Waals surface area contributed by atoms with Crippen LogP contribution >= 0.6 is 11.6 Å². The number of nitrogens with zero attached hydrogens (tertiary/aromatic N) is 2. The maximum absolute atomic E-state index is 12.2. The van der Waals surface area contributed by atoms with E-state index in [1.807, 2.05) is 0 Å². The third-order valence-corrected chi connectivity index (χ3v) is 3.20. The van der Waals surface area contributed by atoms with Gasteiger partial charge in [-0.15, -0.1) is 0 Å². The first-order chi connectivity index (χ1) is 9.93. The number of halogens is 1. The molecule has 21 heavy (non-hydrogen) atoms. The summed E-state index contributed by atoms with van der Waals surface area (Å²) in [4.78, 5) is 24.0. The molecule has 1 aromatic heterocycles. The van der Waals surface area contributed by atoms with Crippen molar-refractivity contribution >= 4 is 29.2 Å². The van der Waals surface area contributed by atoms with Gasteiger partial charge < -0.3 is 10.1 Å². The van der Waals surface area contributed by atoms with Gasteiger partial charge in [-0.25, -0.2) is 4.79 Å². The minimum absolute atomic E-state index is 0.192. The molecule has 7 heteroatoms.